The summed E-state index contributed by atoms with van der Waals surface area (Å²) in [6.07, 6.45) is 5.55. The summed E-state index contributed by atoms with van der Waals surface area (Å²) in [6.45, 7) is 2.70. The number of rotatable bonds is 5. The summed E-state index contributed by atoms with van der Waals surface area (Å²) >= 11 is 0. The number of aromatic nitrogens is 3. The zero-order valence-electron chi connectivity index (χ0n) is 15.0. The van der Waals surface area contributed by atoms with E-state index in [4.69, 9.17) is 0 Å². The highest BCUT2D eigenvalue weighted by Gasteiger charge is 2.17. The highest BCUT2D eigenvalue weighted by atomic mass is 15.2. The van der Waals surface area contributed by atoms with E-state index in [1.807, 2.05) is 58.7 Å². The van der Waals surface area contributed by atoms with E-state index >= 15 is 0 Å². The van der Waals surface area contributed by atoms with Gasteiger partial charge in [0.25, 0.3) is 0 Å². The second-order valence-corrected chi connectivity index (χ2v) is 6.44. The summed E-state index contributed by atoms with van der Waals surface area (Å²) in [5.74, 6) is 0. The Morgan fingerprint density at radius 1 is 1.32 bits per heavy atom. The molecule has 3 aromatic rings. The van der Waals surface area contributed by atoms with Crippen molar-refractivity contribution in [1.29, 1.82) is 5.26 Å². The molecule has 0 radical (unpaired) electrons. The molecule has 2 heterocycles. The summed E-state index contributed by atoms with van der Waals surface area (Å²) in [5, 5.41) is 18.2. The van der Waals surface area contributed by atoms with Crippen LogP contribution in [0.4, 0.5) is 5.69 Å². The monoisotopic (exact) mass is 334 g/mol. The average Bonchev–Trinajstić information content (AvgIpc) is 3.01. The minimum atomic E-state index is 0.147. The lowest BCUT2D eigenvalue weighted by Gasteiger charge is -2.24. The molecule has 0 saturated heterocycles. The number of pyridine rings is 1. The van der Waals surface area contributed by atoms with Crippen LogP contribution in [0.25, 0.3) is 10.9 Å². The second kappa shape index (κ2) is 6.91. The summed E-state index contributed by atoms with van der Waals surface area (Å²) < 4.78 is 1.80. The molecule has 0 aliphatic carbocycles. The normalized spacial score (nSPS) is 12.3. The van der Waals surface area contributed by atoms with Gasteiger partial charge in [-0.3, -0.25) is 9.67 Å². The molecule has 6 heteroatoms. The fraction of sp³-hybridized carbons (Fsp3) is 0.316. The van der Waals surface area contributed by atoms with Crippen molar-refractivity contribution in [1.82, 2.24) is 19.7 Å². The predicted molar refractivity (Wildman–Crippen MR) is 99.3 cm³/mol. The van der Waals surface area contributed by atoms with E-state index in [-0.39, 0.29) is 6.04 Å². The van der Waals surface area contributed by atoms with Gasteiger partial charge in [0.15, 0.2) is 0 Å². The van der Waals surface area contributed by atoms with Gasteiger partial charge < -0.3 is 10.2 Å². The predicted octanol–water partition coefficient (Wildman–Crippen LogP) is 2.86. The van der Waals surface area contributed by atoms with Crippen molar-refractivity contribution in [2.75, 3.05) is 26.0 Å². The molecular weight excluding hydrogens is 312 g/mol. The Labute approximate surface area is 147 Å². The van der Waals surface area contributed by atoms with Gasteiger partial charge in [-0.25, -0.2) is 0 Å². The first kappa shape index (κ1) is 16.9. The summed E-state index contributed by atoms with van der Waals surface area (Å²) in [4.78, 5) is 6.59. The van der Waals surface area contributed by atoms with Gasteiger partial charge in [0.1, 0.15) is 6.07 Å². The lowest BCUT2D eigenvalue weighted by molar-refractivity contribution is 0.312. The van der Waals surface area contributed by atoms with E-state index in [0.29, 0.717) is 12.1 Å². The van der Waals surface area contributed by atoms with E-state index in [9.17, 15) is 5.26 Å². The minimum Gasteiger partial charge on any atom is -0.381 e. The molecule has 128 valence electrons. The highest BCUT2D eigenvalue weighted by Crippen LogP contribution is 2.28. The Hall–Kier alpha value is -2.91. The zero-order valence-corrected chi connectivity index (χ0v) is 15.0. The van der Waals surface area contributed by atoms with Crippen molar-refractivity contribution >= 4 is 16.6 Å². The molecule has 2 aromatic heterocycles. The quantitative estimate of drug-likeness (QED) is 0.777. The van der Waals surface area contributed by atoms with Crippen LogP contribution in [-0.2, 0) is 7.05 Å². The largest absolute Gasteiger partial charge is 0.381 e. The van der Waals surface area contributed by atoms with Crippen LogP contribution in [0.15, 0.2) is 36.8 Å². The molecule has 0 saturated carbocycles. The SMILES string of the molecule is Cc1cccc2c(NC[C@H](c3cnn(C)c3)N(C)C)c(C#N)cnc12. The number of hydrogen-bond acceptors (Lipinski definition) is 5. The van der Waals surface area contributed by atoms with Crippen LogP contribution in [-0.4, -0.2) is 40.3 Å². The maximum absolute atomic E-state index is 9.49. The van der Waals surface area contributed by atoms with Gasteiger partial charge in [-0.05, 0) is 26.6 Å². The standard InChI is InChI=1S/C19H22N6/c1-13-6-5-7-16-18(13)21-9-14(8-20)19(16)22-11-17(24(2)3)15-10-23-25(4)12-15/h5-7,9-10,12,17H,11H2,1-4H3,(H,21,22)/t17-/m1/s1. The Bertz CT molecular complexity index is 935. The number of nitrogens with one attached hydrogen (secondary N) is 1. The molecule has 0 aliphatic heterocycles. The van der Waals surface area contributed by atoms with Crippen LogP contribution >= 0.6 is 0 Å². The van der Waals surface area contributed by atoms with E-state index < -0.39 is 0 Å². The number of fused-ring (bicyclic) bond motifs is 1. The van der Waals surface area contributed by atoms with E-state index in [1.165, 1.54) is 0 Å². The molecule has 25 heavy (non-hydrogen) atoms. The highest BCUT2D eigenvalue weighted by molar-refractivity contribution is 5.95. The molecule has 6 nitrogen and oxygen atoms in total. The Morgan fingerprint density at radius 2 is 2.12 bits per heavy atom. The smallest absolute Gasteiger partial charge is 0.103 e. The fourth-order valence-electron chi connectivity index (χ4n) is 3.06. The van der Waals surface area contributed by atoms with Crippen molar-refractivity contribution in [2.24, 2.45) is 7.05 Å². The van der Waals surface area contributed by atoms with Crippen LogP contribution in [0.5, 0.6) is 0 Å². The number of nitriles is 1. The molecule has 1 N–H and O–H groups in total. The van der Waals surface area contributed by atoms with E-state index in [2.05, 4.69) is 26.4 Å². The molecule has 3 rings (SSSR count). The second-order valence-electron chi connectivity index (χ2n) is 6.44. The number of para-hydroxylation sites is 1. The lowest BCUT2D eigenvalue weighted by Crippen LogP contribution is -2.26. The first-order valence-corrected chi connectivity index (χ1v) is 8.18. The Kier molecular flexibility index (Phi) is 4.68. The molecule has 1 atom stereocenters. The van der Waals surface area contributed by atoms with Crippen LogP contribution in [0.2, 0.25) is 0 Å². The Balaban J connectivity index is 1.96. The van der Waals surface area contributed by atoms with Crippen LogP contribution in [0.3, 0.4) is 0 Å². The van der Waals surface area contributed by atoms with Crippen molar-refractivity contribution in [3.8, 4) is 6.07 Å². The maximum Gasteiger partial charge on any atom is 0.103 e. The van der Waals surface area contributed by atoms with Gasteiger partial charge in [0, 0.05) is 36.9 Å². The molecule has 0 amide bonds. The zero-order chi connectivity index (χ0) is 18.0. The van der Waals surface area contributed by atoms with E-state index in [1.54, 1.807) is 10.9 Å². The van der Waals surface area contributed by atoms with Crippen LogP contribution in [0, 0.1) is 18.3 Å². The van der Waals surface area contributed by atoms with Gasteiger partial charge in [-0.1, -0.05) is 18.2 Å². The molecule has 1 aromatic carbocycles. The van der Waals surface area contributed by atoms with Crippen molar-refractivity contribution in [3.05, 3.63) is 53.5 Å². The van der Waals surface area contributed by atoms with Gasteiger partial charge >= 0.3 is 0 Å². The van der Waals surface area contributed by atoms with E-state index in [0.717, 1.165) is 27.7 Å². The summed E-state index contributed by atoms with van der Waals surface area (Å²) in [7, 11) is 6.00. The first-order valence-electron chi connectivity index (χ1n) is 8.18. The number of benzene rings is 1. The molecule has 0 bridgehead atoms. The lowest BCUT2D eigenvalue weighted by atomic mass is 10.1. The van der Waals surface area contributed by atoms with Crippen LogP contribution in [0.1, 0.15) is 22.7 Å². The molecule has 0 aliphatic rings. The average molecular weight is 334 g/mol. The van der Waals surface area contributed by atoms with Crippen molar-refractivity contribution in [2.45, 2.75) is 13.0 Å². The number of likely N-dealkylation sites (N-methyl/N-ethyl adjacent to an activating group) is 1. The molecular formula is C19H22N6. The van der Waals surface area contributed by atoms with Gasteiger partial charge in [0.05, 0.1) is 29.0 Å². The fourth-order valence-corrected chi connectivity index (χ4v) is 3.06. The maximum atomic E-state index is 9.49. The third kappa shape index (κ3) is 3.32. The van der Waals surface area contributed by atoms with Gasteiger partial charge in [-0.2, -0.15) is 10.4 Å². The third-order valence-electron chi connectivity index (χ3n) is 4.42. The molecule has 0 fully saturated rings. The van der Waals surface area contributed by atoms with Crippen molar-refractivity contribution in [3.63, 3.8) is 0 Å². The number of aryl methyl sites for hydroxylation is 2. The number of hydrogen-bond donors (Lipinski definition) is 1. The van der Waals surface area contributed by atoms with Crippen LogP contribution < -0.4 is 5.32 Å². The van der Waals surface area contributed by atoms with Gasteiger partial charge in [0.2, 0.25) is 0 Å². The van der Waals surface area contributed by atoms with Gasteiger partial charge in [-0.15, -0.1) is 0 Å². The minimum absolute atomic E-state index is 0.147. The molecule has 0 spiro atoms. The van der Waals surface area contributed by atoms with Crippen molar-refractivity contribution < 1.29 is 0 Å². The summed E-state index contributed by atoms with van der Waals surface area (Å²) in [5.41, 5.74) is 4.55. The third-order valence-corrected chi connectivity index (χ3v) is 4.42. The Morgan fingerprint density at radius 3 is 2.76 bits per heavy atom. The topological polar surface area (TPSA) is 69.8 Å². The number of anilines is 1. The summed E-state index contributed by atoms with van der Waals surface area (Å²) in [6, 6.07) is 8.43. The number of nitrogens with zero attached hydrogens (tertiary/aromatic N) is 5. The molecule has 0 unspecified atom stereocenters. The first-order chi connectivity index (χ1) is 12.0.